The van der Waals surface area contributed by atoms with Crippen molar-refractivity contribution in [2.24, 2.45) is 0 Å². The molecule has 1 heterocycles. The Bertz CT molecular complexity index is 282. The first-order valence-corrected chi connectivity index (χ1v) is 3.75. The van der Waals surface area contributed by atoms with Crippen LogP contribution in [0.3, 0.4) is 0 Å². The van der Waals surface area contributed by atoms with E-state index in [1.165, 1.54) is 19.0 Å². The van der Waals surface area contributed by atoms with Crippen molar-refractivity contribution in [1.82, 2.24) is 15.0 Å². The normalized spacial score (nSPS) is 8.31. The maximum absolute atomic E-state index is 5.36. The van der Waals surface area contributed by atoms with Crippen LogP contribution in [0, 0.1) is 0 Å². The van der Waals surface area contributed by atoms with Gasteiger partial charge >= 0.3 is 0 Å². The van der Waals surface area contributed by atoms with Crippen molar-refractivity contribution in [2.45, 2.75) is 0 Å². The monoisotopic (exact) mass is 174 g/mol. The van der Waals surface area contributed by atoms with Crippen LogP contribution in [0.15, 0.2) is 49.3 Å². The molecule has 4 nitrogen and oxygen atoms in total. The maximum Gasteiger partial charge on any atom is 0.119 e. The van der Waals surface area contributed by atoms with Gasteiger partial charge in [0.25, 0.3) is 0 Å². The highest BCUT2D eigenvalue weighted by atomic mass is 14.9. The molecule has 1 aromatic carbocycles. The fourth-order valence-electron chi connectivity index (χ4n) is 0.658. The Morgan fingerprint density at radius 1 is 0.769 bits per heavy atom. The SMILES string of the molecule is Nc1ccccc1.c1ncncn1. The molecule has 1 aromatic heterocycles. The van der Waals surface area contributed by atoms with Gasteiger partial charge in [0.05, 0.1) is 0 Å². The average Bonchev–Trinajstić information content (AvgIpc) is 2.22. The van der Waals surface area contributed by atoms with E-state index in [2.05, 4.69) is 15.0 Å². The quantitative estimate of drug-likeness (QED) is 0.608. The number of benzene rings is 1. The highest BCUT2D eigenvalue weighted by Gasteiger charge is 1.72. The Labute approximate surface area is 76.5 Å². The van der Waals surface area contributed by atoms with Gasteiger partial charge < -0.3 is 5.73 Å². The number of aromatic nitrogens is 3. The number of hydrogen-bond acceptors (Lipinski definition) is 4. The minimum absolute atomic E-state index is 0.822. The van der Waals surface area contributed by atoms with Gasteiger partial charge in [-0.25, -0.2) is 15.0 Å². The first-order valence-electron chi connectivity index (χ1n) is 3.75. The summed E-state index contributed by atoms with van der Waals surface area (Å²) in [6.07, 6.45) is 4.31. The predicted molar refractivity (Wildman–Crippen MR) is 50.7 cm³/mol. The van der Waals surface area contributed by atoms with Crippen molar-refractivity contribution in [3.63, 3.8) is 0 Å². The summed E-state index contributed by atoms with van der Waals surface area (Å²) in [7, 11) is 0. The van der Waals surface area contributed by atoms with Crippen LogP contribution in [-0.2, 0) is 0 Å². The topological polar surface area (TPSA) is 64.7 Å². The van der Waals surface area contributed by atoms with Crippen molar-refractivity contribution < 1.29 is 0 Å². The van der Waals surface area contributed by atoms with E-state index in [0.29, 0.717) is 0 Å². The number of nitrogens with zero attached hydrogens (tertiary/aromatic N) is 3. The minimum atomic E-state index is 0.822. The fraction of sp³-hybridized carbons (Fsp3) is 0. The molecule has 66 valence electrons. The summed E-state index contributed by atoms with van der Waals surface area (Å²) in [5.41, 5.74) is 6.18. The second kappa shape index (κ2) is 5.65. The van der Waals surface area contributed by atoms with Gasteiger partial charge in [-0.1, -0.05) is 18.2 Å². The maximum atomic E-state index is 5.36. The molecule has 0 saturated carbocycles. The summed E-state index contributed by atoms with van der Waals surface area (Å²) in [4.78, 5) is 10.7. The Hall–Kier alpha value is -1.97. The van der Waals surface area contributed by atoms with Gasteiger partial charge in [0, 0.05) is 5.69 Å². The molecule has 0 aliphatic heterocycles. The lowest BCUT2D eigenvalue weighted by atomic mass is 10.3. The van der Waals surface area contributed by atoms with Gasteiger partial charge in [0.15, 0.2) is 0 Å². The molecule has 0 amide bonds. The molecule has 0 spiro atoms. The van der Waals surface area contributed by atoms with E-state index >= 15 is 0 Å². The third-order valence-corrected chi connectivity index (χ3v) is 1.20. The molecule has 0 fully saturated rings. The molecule has 13 heavy (non-hydrogen) atoms. The summed E-state index contributed by atoms with van der Waals surface area (Å²) in [6, 6.07) is 9.49. The van der Waals surface area contributed by atoms with Crippen molar-refractivity contribution in [2.75, 3.05) is 5.73 Å². The average molecular weight is 174 g/mol. The van der Waals surface area contributed by atoms with Crippen LogP contribution in [0.25, 0.3) is 0 Å². The molecule has 0 unspecified atom stereocenters. The molecule has 0 bridgehead atoms. The van der Waals surface area contributed by atoms with E-state index in [1.807, 2.05) is 30.3 Å². The van der Waals surface area contributed by atoms with E-state index in [1.54, 1.807) is 0 Å². The minimum Gasteiger partial charge on any atom is -0.399 e. The zero-order valence-corrected chi connectivity index (χ0v) is 7.04. The summed E-state index contributed by atoms with van der Waals surface area (Å²) >= 11 is 0. The molecule has 4 heteroatoms. The van der Waals surface area contributed by atoms with Crippen molar-refractivity contribution >= 4 is 5.69 Å². The van der Waals surface area contributed by atoms with Gasteiger partial charge in [-0.15, -0.1) is 0 Å². The number of anilines is 1. The van der Waals surface area contributed by atoms with Crippen molar-refractivity contribution in [1.29, 1.82) is 0 Å². The van der Waals surface area contributed by atoms with Crippen LogP contribution in [-0.4, -0.2) is 15.0 Å². The standard InChI is InChI=1S/C6H7N.C3H3N3/c7-6-4-2-1-3-5-6;1-4-2-6-3-5-1/h1-5H,7H2;1-3H. The van der Waals surface area contributed by atoms with Crippen LogP contribution in [0.2, 0.25) is 0 Å². The van der Waals surface area contributed by atoms with E-state index in [9.17, 15) is 0 Å². The highest BCUT2D eigenvalue weighted by Crippen LogP contribution is 1.95. The molecule has 0 aliphatic rings. The smallest absolute Gasteiger partial charge is 0.119 e. The Morgan fingerprint density at radius 2 is 1.23 bits per heavy atom. The molecular formula is C9H10N4. The number of hydrogen-bond donors (Lipinski definition) is 1. The Morgan fingerprint density at radius 3 is 1.46 bits per heavy atom. The van der Waals surface area contributed by atoms with E-state index < -0.39 is 0 Å². The molecule has 0 aliphatic carbocycles. The zero-order chi connectivity index (χ0) is 9.36. The van der Waals surface area contributed by atoms with Gasteiger partial charge in [-0.2, -0.15) is 0 Å². The van der Waals surface area contributed by atoms with Gasteiger partial charge in [0.2, 0.25) is 0 Å². The largest absolute Gasteiger partial charge is 0.399 e. The second-order valence-electron chi connectivity index (χ2n) is 2.20. The van der Waals surface area contributed by atoms with Crippen molar-refractivity contribution in [3.05, 3.63) is 49.3 Å². The summed E-state index contributed by atoms with van der Waals surface area (Å²) in [6.45, 7) is 0. The lowest BCUT2D eigenvalue weighted by Gasteiger charge is -1.83. The third kappa shape index (κ3) is 4.47. The number of para-hydroxylation sites is 1. The van der Waals surface area contributed by atoms with Crippen LogP contribution in [0.5, 0.6) is 0 Å². The molecule has 2 N–H and O–H groups in total. The first kappa shape index (κ1) is 9.12. The molecule has 2 rings (SSSR count). The third-order valence-electron chi connectivity index (χ3n) is 1.20. The second-order valence-corrected chi connectivity index (χ2v) is 2.20. The summed E-state index contributed by atoms with van der Waals surface area (Å²) in [5, 5.41) is 0. The molecular weight excluding hydrogens is 164 g/mol. The van der Waals surface area contributed by atoms with Crippen LogP contribution in [0.4, 0.5) is 5.69 Å². The van der Waals surface area contributed by atoms with Crippen LogP contribution >= 0.6 is 0 Å². The van der Waals surface area contributed by atoms with E-state index in [0.717, 1.165) is 5.69 Å². The number of nitrogen functional groups attached to an aromatic ring is 1. The zero-order valence-electron chi connectivity index (χ0n) is 7.04. The fourth-order valence-corrected chi connectivity index (χ4v) is 0.658. The van der Waals surface area contributed by atoms with Gasteiger partial charge in [-0.3, -0.25) is 0 Å². The number of nitrogens with two attached hydrogens (primary N) is 1. The highest BCUT2D eigenvalue weighted by molar-refractivity contribution is 5.35. The number of rotatable bonds is 0. The van der Waals surface area contributed by atoms with Crippen molar-refractivity contribution in [3.8, 4) is 0 Å². The Balaban J connectivity index is 0.000000132. The first-order chi connectivity index (χ1) is 6.39. The Kier molecular flexibility index (Phi) is 3.96. The van der Waals surface area contributed by atoms with Gasteiger partial charge in [0.1, 0.15) is 19.0 Å². The lowest BCUT2D eigenvalue weighted by Crippen LogP contribution is -1.79. The van der Waals surface area contributed by atoms with Gasteiger partial charge in [-0.05, 0) is 12.1 Å². The summed E-state index contributed by atoms with van der Waals surface area (Å²) < 4.78 is 0. The summed E-state index contributed by atoms with van der Waals surface area (Å²) in [5.74, 6) is 0. The molecule has 0 atom stereocenters. The van der Waals surface area contributed by atoms with E-state index in [4.69, 9.17) is 5.73 Å². The predicted octanol–water partition coefficient (Wildman–Crippen LogP) is 1.14. The molecule has 2 aromatic rings. The van der Waals surface area contributed by atoms with Crippen LogP contribution in [0.1, 0.15) is 0 Å². The van der Waals surface area contributed by atoms with E-state index in [-0.39, 0.29) is 0 Å². The molecule has 0 saturated heterocycles. The lowest BCUT2D eigenvalue weighted by molar-refractivity contribution is 1.05. The van der Waals surface area contributed by atoms with Crippen LogP contribution < -0.4 is 5.73 Å². The molecule has 0 radical (unpaired) electrons.